The third-order valence-electron chi connectivity index (χ3n) is 13.6. The second-order valence-corrected chi connectivity index (χ2v) is 15.0. The fraction of sp³-hybridized carbons (Fsp3) is 0.875. The summed E-state index contributed by atoms with van der Waals surface area (Å²) in [6, 6.07) is 0. The molecule has 5 aliphatic rings. The summed E-state index contributed by atoms with van der Waals surface area (Å²) >= 11 is 0. The summed E-state index contributed by atoms with van der Waals surface area (Å²) in [5, 5.41) is 0. The lowest BCUT2D eigenvalue weighted by Crippen LogP contribution is -2.66. The van der Waals surface area contributed by atoms with E-state index in [9.17, 15) is 9.59 Å². The average molecular weight is 483 g/mol. The van der Waals surface area contributed by atoms with Crippen molar-refractivity contribution in [2.75, 3.05) is 0 Å². The first-order chi connectivity index (χ1) is 16.3. The number of hydrogen-bond donors (Lipinski definition) is 0. The van der Waals surface area contributed by atoms with E-state index in [4.69, 9.17) is 4.74 Å². The van der Waals surface area contributed by atoms with Crippen molar-refractivity contribution >= 4 is 12.3 Å². The van der Waals surface area contributed by atoms with Crippen molar-refractivity contribution in [3.63, 3.8) is 0 Å². The molecule has 0 aliphatic heterocycles. The van der Waals surface area contributed by atoms with Gasteiger partial charge < -0.3 is 9.53 Å². The lowest BCUT2D eigenvalue weighted by Gasteiger charge is -2.72. The Morgan fingerprint density at radius 2 is 1.54 bits per heavy atom. The minimum absolute atomic E-state index is 0.00743. The van der Waals surface area contributed by atoms with Gasteiger partial charge in [-0.3, -0.25) is 4.79 Å². The molecule has 0 aromatic rings. The van der Waals surface area contributed by atoms with Crippen LogP contribution in [0, 0.1) is 56.7 Å². The van der Waals surface area contributed by atoms with Crippen molar-refractivity contribution in [2.45, 2.75) is 119 Å². The lowest BCUT2D eigenvalue weighted by molar-refractivity contribution is -0.247. The topological polar surface area (TPSA) is 43.4 Å². The molecule has 5 aliphatic carbocycles. The highest BCUT2D eigenvalue weighted by molar-refractivity contribution is 5.66. The van der Waals surface area contributed by atoms with Gasteiger partial charge in [-0.25, -0.2) is 0 Å². The van der Waals surface area contributed by atoms with Gasteiger partial charge >= 0.3 is 5.97 Å². The summed E-state index contributed by atoms with van der Waals surface area (Å²) in [5.74, 6) is 2.76. The minimum Gasteiger partial charge on any atom is -0.462 e. The standard InChI is InChI=1S/C32H50O3/c1-20(2)22-11-16-32(19-33)18-17-30(7)23(27(22)32)9-10-25-29(6)14-13-26(35-21(3)34)28(4,5)24(29)12-15-31(25,30)8/h19,22-27H,1,9-18H2,2-8H3/t22?,23?,24?,25?,26-,27?,29-,30+,31+,32?/m0/s1. The Hall–Kier alpha value is -1.12. The molecule has 35 heavy (non-hydrogen) atoms. The van der Waals surface area contributed by atoms with Crippen LogP contribution in [0.2, 0.25) is 0 Å². The van der Waals surface area contributed by atoms with Crippen molar-refractivity contribution in [2.24, 2.45) is 56.7 Å². The zero-order valence-electron chi connectivity index (χ0n) is 23.5. The Labute approximate surface area is 214 Å². The molecule has 0 saturated heterocycles. The number of hydrogen-bond acceptors (Lipinski definition) is 3. The van der Waals surface area contributed by atoms with Crippen LogP contribution in [-0.2, 0) is 14.3 Å². The van der Waals surface area contributed by atoms with E-state index in [0.717, 1.165) is 32.1 Å². The normalized spacial score (nSPS) is 52.3. The highest BCUT2D eigenvalue weighted by atomic mass is 16.5. The molecule has 0 bridgehead atoms. The third kappa shape index (κ3) is 3.21. The Bertz CT molecular complexity index is 920. The number of rotatable bonds is 3. The first-order valence-corrected chi connectivity index (χ1v) is 14.6. The molecule has 10 atom stereocenters. The zero-order chi connectivity index (χ0) is 25.6. The number of carbonyl (C=O) groups is 2. The number of fused-ring (bicyclic) bond motifs is 7. The molecule has 196 valence electrons. The van der Waals surface area contributed by atoms with Crippen LogP contribution < -0.4 is 0 Å². The highest BCUT2D eigenvalue weighted by Gasteiger charge is 2.71. The van der Waals surface area contributed by atoms with Crippen LogP contribution in [0.15, 0.2) is 12.2 Å². The summed E-state index contributed by atoms with van der Waals surface area (Å²) in [6.45, 7) is 20.8. The molecule has 0 heterocycles. The van der Waals surface area contributed by atoms with E-state index in [1.165, 1.54) is 44.0 Å². The van der Waals surface area contributed by atoms with Crippen LogP contribution >= 0.6 is 0 Å². The van der Waals surface area contributed by atoms with Gasteiger partial charge in [0.1, 0.15) is 12.4 Å². The Morgan fingerprint density at radius 1 is 0.829 bits per heavy atom. The zero-order valence-corrected chi connectivity index (χ0v) is 23.5. The van der Waals surface area contributed by atoms with Crippen LogP contribution in [0.3, 0.4) is 0 Å². The maximum absolute atomic E-state index is 12.6. The maximum atomic E-state index is 12.6. The van der Waals surface area contributed by atoms with Crippen molar-refractivity contribution in [1.82, 2.24) is 0 Å². The largest absolute Gasteiger partial charge is 0.462 e. The van der Waals surface area contributed by atoms with Gasteiger partial charge in [0.25, 0.3) is 0 Å². The second-order valence-electron chi connectivity index (χ2n) is 15.0. The van der Waals surface area contributed by atoms with Crippen molar-refractivity contribution in [3.05, 3.63) is 12.2 Å². The first kappa shape index (κ1) is 25.5. The SMILES string of the molecule is C=C(C)C1CCC2(C=O)CC[C@]3(C)C(CCC4[C@@]5(C)CC[C@H](OC(C)=O)C(C)(C)C5CC[C@]43C)C12. The summed E-state index contributed by atoms with van der Waals surface area (Å²) in [4.78, 5) is 24.5. The van der Waals surface area contributed by atoms with Gasteiger partial charge in [-0.1, -0.05) is 46.8 Å². The maximum Gasteiger partial charge on any atom is 0.302 e. The molecule has 3 heteroatoms. The van der Waals surface area contributed by atoms with Gasteiger partial charge in [0.05, 0.1) is 0 Å². The molecule has 0 spiro atoms. The Morgan fingerprint density at radius 3 is 2.17 bits per heavy atom. The molecule has 0 radical (unpaired) electrons. The number of allylic oxidation sites excluding steroid dienone is 1. The van der Waals surface area contributed by atoms with E-state index < -0.39 is 0 Å². The smallest absolute Gasteiger partial charge is 0.302 e. The van der Waals surface area contributed by atoms with Crippen LogP contribution in [0.25, 0.3) is 0 Å². The van der Waals surface area contributed by atoms with Gasteiger partial charge in [-0.2, -0.15) is 0 Å². The first-order valence-electron chi connectivity index (χ1n) is 14.6. The molecule has 0 aromatic heterocycles. The quantitative estimate of drug-likeness (QED) is 0.234. The molecule has 0 aromatic carbocycles. The lowest BCUT2D eigenvalue weighted by atomic mass is 9.32. The molecule has 5 fully saturated rings. The van der Waals surface area contributed by atoms with E-state index in [1.54, 1.807) is 6.92 Å². The summed E-state index contributed by atoms with van der Waals surface area (Å²) < 4.78 is 5.89. The predicted molar refractivity (Wildman–Crippen MR) is 141 cm³/mol. The van der Waals surface area contributed by atoms with Crippen LogP contribution in [-0.4, -0.2) is 18.4 Å². The van der Waals surface area contributed by atoms with Gasteiger partial charge in [0, 0.05) is 17.8 Å². The van der Waals surface area contributed by atoms with Crippen LogP contribution in [0.5, 0.6) is 0 Å². The molecule has 3 nitrogen and oxygen atoms in total. The van der Waals surface area contributed by atoms with Crippen molar-refractivity contribution < 1.29 is 14.3 Å². The summed E-state index contributed by atoms with van der Waals surface area (Å²) in [7, 11) is 0. The van der Waals surface area contributed by atoms with Gasteiger partial charge in [-0.05, 0) is 117 Å². The van der Waals surface area contributed by atoms with E-state index in [1.807, 2.05) is 0 Å². The van der Waals surface area contributed by atoms with E-state index in [2.05, 4.69) is 48.1 Å². The monoisotopic (exact) mass is 482 g/mol. The fourth-order valence-corrected chi connectivity index (χ4v) is 11.8. The highest BCUT2D eigenvalue weighted by Crippen LogP contribution is 2.77. The molecular formula is C32H50O3. The fourth-order valence-electron chi connectivity index (χ4n) is 11.8. The Balaban J connectivity index is 1.51. The molecule has 5 rings (SSSR count). The van der Waals surface area contributed by atoms with Gasteiger partial charge in [-0.15, -0.1) is 0 Å². The van der Waals surface area contributed by atoms with E-state index >= 15 is 0 Å². The molecule has 0 N–H and O–H groups in total. The average Bonchev–Trinajstić information content (AvgIpc) is 3.16. The summed E-state index contributed by atoms with van der Waals surface area (Å²) in [6.07, 6.45) is 13.1. The second kappa shape index (κ2) is 7.94. The molecular weight excluding hydrogens is 432 g/mol. The van der Waals surface area contributed by atoms with Gasteiger partial charge in [0.15, 0.2) is 0 Å². The summed E-state index contributed by atoms with van der Waals surface area (Å²) in [5.41, 5.74) is 2.05. The number of aldehydes is 1. The Kier molecular flexibility index (Phi) is 5.79. The van der Waals surface area contributed by atoms with Crippen molar-refractivity contribution in [1.29, 1.82) is 0 Å². The minimum atomic E-state index is -0.134. The van der Waals surface area contributed by atoms with E-state index in [-0.39, 0.29) is 33.7 Å². The van der Waals surface area contributed by atoms with Gasteiger partial charge in [0.2, 0.25) is 0 Å². The third-order valence-corrected chi connectivity index (χ3v) is 13.6. The molecule has 6 unspecified atom stereocenters. The number of ether oxygens (including phenoxy) is 1. The number of carbonyl (C=O) groups excluding carboxylic acids is 2. The van der Waals surface area contributed by atoms with E-state index in [0.29, 0.717) is 35.0 Å². The predicted octanol–water partition coefficient (Wildman–Crippen LogP) is 7.77. The van der Waals surface area contributed by atoms with Crippen LogP contribution in [0.4, 0.5) is 0 Å². The van der Waals surface area contributed by atoms with Crippen LogP contribution in [0.1, 0.15) is 113 Å². The molecule has 0 amide bonds. The molecule has 5 saturated carbocycles. The van der Waals surface area contributed by atoms with Crippen molar-refractivity contribution in [3.8, 4) is 0 Å². The number of esters is 1.